The topological polar surface area (TPSA) is 42.7 Å². The van der Waals surface area contributed by atoms with E-state index >= 15 is 0 Å². The quantitative estimate of drug-likeness (QED) is 0.837. The number of rotatable bonds is 2. The molecule has 0 saturated heterocycles. The van der Waals surface area contributed by atoms with Gasteiger partial charge in [0.2, 0.25) is 0 Å². The fraction of sp³-hybridized carbons (Fsp3) is 0.846. The summed E-state index contributed by atoms with van der Waals surface area (Å²) in [5.74, 6) is 3.23. The number of hydrogen-bond donors (Lipinski definition) is 1. The maximum atomic E-state index is 4.30. The molecule has 2 saturated carbocycles. The third-order valence-electron chi connectivity index (χ3n) is 4.84. The molecule has 0 aromatic carbocycles. The van der Waals surface area contributed by atoms with E-state index in [1.165, 1.54) is 32.1 Å². The van der Waals surface area contributed by atoms with Gasteiger partial charge in [-0.2, -0.15) is 5.10 Å². The van der Waals surface area contributed by atoms with E-state index in [2.05, 4.69) is 20.1 Å². The van der Waals surface area contributed by atoms with E-state index in [1.54, 1.807) is 6.33 Å². The zero-order valence-corrected chi connectivity index (χ0v) is 10.2. The van der Waals surface area contributed by atoms with Crippen LogP contribution in [0, 0.1) is 11.8 Å². The summed E-state index contributed by atoms with van der Waals surface area (Å²) in [6.07, 6.45) is 9.79. The Morgan fingerprint density at radius 3 is 3.29 bits per heavy atom. The lowest BCUT2D eigenvalue weighted by Crippen LogP contribution is -2.45. The summed E-state index contributed by atoms with van der Waals surface area (Å²) < 4.78 is 2.08. The molecule has 2 heterocycles. The summed E-state index contributed by atoms with van der Waals surface area (Å²) in [5, 5.41) is 8.19. The largest absolute Gasteiger partial charge is 0.309 e. The maximum Gasteiger partial charge on any atom is 0.138 e. The average molecular weight is 232 g/mol. The van der Waals surface area contributed by atoms with Gasteiger partial charge in [-0.05, 0) is 31.1 Å². The Morgan fingerprint density at radius 1 is 1.29 bits per heavy atom. The standard InChI is InChI=1S/C13H20N4/c1-2-9-6-11(9)12(3-1)16-10-4-5-13-14-8-15-17(13)7-10/h8-12,16H,1-7H2/t9-,10?,11+,12?/m0/s1. The fourth-order valence-corrected chi connectivity index (χ4v) is 3.79. The van der Waals surface area contributed by atoms with Crippen LogP contribution in [0.1, 0.15) is 37.9 Å². The third-order valence-corrected chi connectivity index (χ3v) is 4.84. The smallest absolute Gasteiger partial charge is 0.138 e. The van der Waals surface area contributed by atoms with E-state index in [-0.39, 0.29) is 0 Å². The Kier molecular flexibility index (Phi) is 2.25. The van der Waals surface area contributed by atoms with Crippen LogP contribution in [-0.4, -0.2) is 26.8 Å². The summed E-state index contributed by atoms with van der Waals surface area (Å²) in [5.41, 5.74) is 0. The number of fused-ring (bicyclic) bond motifs is 2. The second-order valence-electron chi connectivity index (χ2n) is 5.96. The SMILES string of the molecule is c1nc2n(n1)CC(NC1CCC[C@H]3C[C@@H]13)CC2. The number of nitrogens with one attached hydrogen (secondary N) is 1. The van der Waals surface area contributed by atoms with Gasteiger partial charge in [0.25, 0.3) is 0 Å². The minimum absolute atomic E-state index is 0.619. The molecule has 0 bridgehead atoms. The highest BCUT2D eigenvalue weighted by Crippen LogP contribution is 2.49. The molecular weight excluding hydrogens is 212 g/mol. The van der Waals surface area contributed by atoms with E-state index in [4.69, 9.17) is 0 Å². The van der Waals surface area contributed by atoms with Crippen molar-refractivity contribution in [3.63, 3.8) is 0 Å². The zero-order valence-electron chi connectivity index (χ0n) is 10.2. The van der Waals surface area contributed by atoms with E-state index in [0.717, 1.165) is 36.7 Å². The molecule has 1 aromatic rings. The summed E-state index contributed by atoms with van der Waals surface area (Å²) in [6.45, 7) is 1.02. The second-order valence-corrected chi connectivity index (χ2v) is 5.96. The first-order valence-electron chi connectivity index (χ1n) is 7.03. The third kappa shape index (κ3) is 1.79. The van der Waals surface area contributed by atoms with Gasteiger partial charge in [-0.3, -0.25) is 0 Å². The predicted octanol–water partition coefficient (Wildman–Crippen LogP) is 1.37. The molecule has 1 aromatic heterocycles. The molecule has 2 fully saturated rings. The number of aryl methyl sites for hydroxylation is 1. The highest BCUT2D eigenvalue weighted by atomic mass is 15.3. The van der Waals surface area contributed by atoms with E-state index in [0.29, 0.717) is 6.04 Å². The van der Waals surface area contributed by atoms with Gasteiger partial charge in [0.15, 0.2) is 0 Å². The highest BCUT2D eigenvalue weighted by Gasteiger charge is 2.45. The van der Waals surface area contributed by atoms with E-state index in [9.17, 15) is 0 Å². The maximum absolute atomic E-state index is 4.30. The molecule has 1 N–H and O–H groups in total. The van der Waals surface area contributed by atoms with Crippen molar-refractivity contribution in [1.82, 2.24) is 20.1 Å². The Hall–Kier alpha value is -0.900. The molecule has 1 aliphatic heterocycles. The lowest BCUT2D eigenvalue weighted by atomic mass is 9.94. The van der Waals surface area contributed by atoms with Crippen molar-refractivity contribution >= 4 is 0 Å². The van der Waals surface area contributed by atoms with Crippen LogP contribution in [0.4, 0.5) is 0 Å². The first-order chi connectivity index (χ1) is 8.40. The summed E-state index contributed by atoms with van der Waals surface area (Å²) in [6, 6.07) is 1.41. The molecule has 2 unspecified atom stereocenters. The lowest BCUT2D eigenvalue weighted by Gasteiger charge is -2.30. The van der Waals surface area contributed by atoms with Crippen molar-refractivity contribution in [2.75, 3.05) is 0 Å². The van der Waals surface area contributed by atoms with Crippen molar-refractivity contribution in [2.24, 2.45) is 11.8 Å². The molecule has 4 rings (SSSR count). The first-order valence-corrected chi connectivity index (χ1v) is 7.03. The van der Waals surface area contributed by atoms with Crippen molar-refractivity contribution in [1.29, 1.82) is 0 Å². The molecule has 92 valence electrons. The van der Waals surface area contributed by atoms with Crippen molar-refractivity contribution < 1.29 is 0 Å². The molecule has 17 heavy (non-hydrogen) atoms. The predicted molar refractivity (Wildman–Crippen MR) is 64.5 cm³/mol. The van der Waals surface area contributed by atoms with E-state index in [1.807, 2.05) is 0 Å². The molecule has 4 atom stereocenters. The van der Waals surface area contributed by atoms with Crippen LogP contribution in [0.2, 0.25) is 0 Å². The normalized spacial score (nSPS) is 39.5. The van der Waals surface area contributed by atoms with Crippen LogP contribution in [0.25, 0.3) is 0 Å². The fourth-order valence-electron chi connectivity index (χ4n) is 3.79. The van der Waals surface area contributed by atoms with Gasteiger partial charge in [-0.1, -0.05) is 12.8 Å². The number of hydrogen-bond acceptors (Lipinski definition) is 3. The van der Waals surface area contributed by atoms with Gasteiger partial charge >= 0.3 is 0 Å². The molecule has 0 spiro atoms. The van der Waals surface area contributed by atoms with E-state index < -0.39 is 0 Å². The van der Waals surface area contributed by atoms with Crippen molar-refractivity contribution in [3.05, 3.63) is 12.2 Å². The summed E-state index contributed by atoms with van der Waals surface area (Å²) >= 11 is 0. The Morgan fingerprint density at radius 2 is 2.29 bits per heavy atom. The highest BCUT2D eigenvalue weighted by molar-refractivity contribution is 5.00. The lowest BCUT2D eigenvalue weighted by molar-refractivity contribution is 0.274. The van der Waals surface area contributed by atoms with Gasteiger partial charge in [0, 0.05) is 18.5 Å². The van der Waals surface area contributed by atoms with Gasteiger partial charge in [0.05, 0.1) is 6.54 Å². The van der Waals surface area contributed by atoms with Crippen molar-refractivity contribution in [2.45, 2.75) is 57.2 Å². The number of aromatic nitrogens is 3. The molecule has 0 amide bonds. The van der Waals surface area contributed by atoms with Gasteiger partial charge in [-0.15, -0.1) is 0 Å². The molecule has 0 radical (unpaired) electrons. The molecule has 4 nitrogen and oxygen atoms in total. The summed E-state index contributed by atoms with van der Waals surface area (Å²) in [7, 11) is 0. The van der Waals surface area contributed by atoms with Gasteiger partial charge in [0.1, 0.15) is 12.2 Å². The molecule has 3 aliphatic rings. The van der Waals surface area contributed by atoms with Crippen LogP contribution in [-0.2, 0) is 13.0 Å². The minimum atomic E-state index is 0.619. The Bertz CT molecular complexity index is 413. The van der Waals surface area contributed by atoms with Crippen molar-refractivity contribution in [3.8, 4) is 0 Å². The second kappa shape index (κ2) is 3.80. The van der Waals surface area contributed by atoms with Crippen LogP contribution in [0.3, 0.4) is 0 Å². The Balaban J connectivity index is 1.41. The van der Waals surface area contributed by atoms with Crippen LogP contribution in [0.5, 0.6) is 0 Å². The molecule has 2 aliphatic carbocycles. The van der Waals surface area contributed by atoms with Crippen LogP contribution >= 0.6 is 0 Å². The zero-order chi connectivity index (χ0) is 11.2. The van der Waals surface area contributed by atoms with Gasteiger partial charge < -0.3 is 5.32 Å². The average Bonchev–Trinajstić information content (AvgIpc) is 3.00. The van der Waals surface area contributed by atoms with Crippen LogP contribution in [0.15, 0.2) is 6.33 Å². The summed E-state index contributed by atoms with van der Waals surface area (Å²) in [4.78, 5) is 4.29. The molecular formula is C13H20N4. The van der Waals surface area contributed by atoms with Crippen LogP contribution < -0.4 is 5.32 Å². The monoisotopic (exact) mass is 232 g/mol. The minimum Gasteiger partial charge on any atom is -0.309 e. The molecule has 4 heteroatoms. The number of nitrogens with zero attached hydrogens (tertiary/aromatic N) is 3. The first kappa shape index (κ1) is 10.1. The van der Waals surface area contributed by atoms with Gasteiger partial charge in [-0.25, -0.2) is 9.67 Å². The Labute approximate surface area is 102 Å².